The number of carbonyl (C=O) groups excluding carboxylic acids is 2. The second-order valence-electron chi connectivity index (χ2n) is 10.1. The van der Waals surface area contributed by atoms with Crippen LogP contribution in [0.3, 0.4) is 0 Å². The lowest BCUT2D eigenvalue weighted by atomic mass is 9.95. The lowest BCUT2D eigenvalue weighted by Crippen LogP contribution is -2.49. The van der Waals surface area contributed by atoms with E-state index in [1.165, 1.54) is 27.7 Å². The fourth-order valence-corrected chi connectivity index (χ4v) is 4.80. The third-order valence-corrected chi connectivity index (χ3v) is 7.05. The van der Waals surface area contributed by atoms with Crippen molar-refractivity contribution in [1.29, 1.82) is 0 Å². The lowest BCUT2D eigenvalue weighted by Gasteiger charge is -2.29. The maximum absolute atomic E-state index is 16.1. The Hall–Kier alpha value is -3.10. The molecular weight excluding hydrogens is 620 g/mol. The van der Waals surface area contributed by atoms with Gasteiger partial charge in [0.1, 0.15) is 24.0 Å². The van der Waals surface area contributed by atoms with Gasteiger partial charge < -0.3 is 49.7 Å². The highest BCUT2D eigenvalue weighted by Gasteiger charge is 2.64. The second kappa shape index (κ2) is 14.3. The van der Waals surface area contributed by atoms with Gasteiger partial charge in [0.25, 0.3) is 5.85 Å². The predicted molar refractivity (Wildman–Crippen MR) is 142 cm³/mol. The number of aromatic nitrogens is 2. The molecule has 0 aromatic carbocycles. The number of imidazole rings is 1. The number of aliphatic hydroxyl groups is 2. The van der Waals surface area contributed by atoms with Gasteiger partial charge in [-0.25, -0.2) is 32.6 Å². The molecule has 1 aromatic heterocycles. The number of alkyl halides is 1. The minimum Gasteiger partial charge on any atom is -0.432 e. The first kappa shape index (κ1) is 35.4. The van der Waals surface area contributed by atoms with Crippen molar-refractivity contribution >= 4 is 31.9 Å². The highest BCUT2D eigenvalue weighted by atomic mass is 31.2. The molecule has 1 fully saturated rings. The van der Waals surface area contributed by atoms with Crippen molar-refractivity contribution in [1.82, 2.24) is 14.9 Å². The molecule has 1 aromatic rings. The Labute approximate surface area is 251 Å². The van der Waals surface area contributed by atoms with Crippen molar-refractivity contribution in [2.75, 3.05) is 26.8 Å². The van der Waals surface area contributed by atoms with Crippen LogP contribution in [0.1, 0.15) is 59.7 Å². The van der Waals surface area contributed by atoms with Crippen molar-refractivity contribution < 1.29 is 70.8 Å². The van der Waals surface area contributed by atoms with E-state index in [0.717, 1.165) is 17.8 Å². The standard InChI is InChI=1S/C23H37FN5O14P/c1-7-35-16-14-15(27-19(25)28-16)29(9-26-14)18-22(6,33)17(30)23(24,43-18)8-38-44(34,39-10-36-20(31)41-12(2)3)40-11-37-21(32)42-13(4)5/h9,12-13,16-18,30,33H,7-8,10-11H2,1-6H3,(H3,25,27,28)/t16?,17-,18+,22+,23+/m0/s1. The lowest BCUT2D eigenvalue weighted by molar-refractivity contribution is -0.206. The summed E-state index contributed by atoms with van der Waals surface area (Å²) in [6, 6.07) is 0. The van der Waals surface area contributed by atoms with Gasteiger partial charge in [-0.3, -0.25) is 9.09 Å². The number of nitrogens with two attached hydrogens (primary N) is 1. The largest absolute Gasteiger partial charge is 0.510 e. The van der Waals surface area contributed by atoms with Gasteiger partial charge in [0.15, 0.2) is 24.2 Å². The van der Waals surface area contributed by atoms with Crippen LogP contribution in [0.2, 0.25) is 0 Å². The Kier molecular flexibility index (Phi) is 11.5. The average molecular weight is 658 g/mol. The van der Waals surface area contributed by atoms with Crippen LogP contribution in [-0.4, -0.2) is 94.6 Å². The molecule has 21 heteroatoms. The number of guanidine groups is 1. The zero-order chi connectivity index (χ0) is 32.9. The van der Waals surface area contributed by atoms with Gasteiger partial charge in [-0.05, 0) is 41.5 Å². The number of fused-ring (bicyclic) bond motifs is 1. The molecule has 5 N–H and O–H groups in total. The normalized spacial score (nSPS) is 26.6. The molecule has 0 amide bonds. The van der Waals surface area contributed by atoms with E-state index in [4.69, 9.17) is 38.3 Å². The highest BCUT2D eigenvalue weighted by Crippen LogP contribution is 2.53. The molecule has 0 aliphatic carbocycles. The molecule has 0 radical (unpaired) electrons. The number of halogens is 1. The molecule has 0 saturated carbocycles. The molecule has 2 aliphatic heterocycles. The van der Waals surface area contributed by atoms with Gasteiger partial charge in [0, 0.05) is 6.61 Å². The number of phosphoric ester groups is 1. The number of carbonyl (C=O) groups is 2. The molecule has 2 aliphatic rings. The zero-order valence-electron chi connectivity index (χ0n) is 24.8. The van der Waals surface area contributed by atoms with Crippen LogP contribution in [0, 0.1) is 0 Å². The number of aliphatic hydroxyl groups excluding tert-OH is 1. The van der Waals surface area contributed by atoms with Gasteiger partial charge in [-0.1, -0.05) is 0 Å². The Morgan fingerprint density at radius 1 is 1.16 bits per heavy atom. The molecule has 44 heavy (non-hydrogen) atoms. The maximum Gasteiger partial charge on any atom is 0.510 e. The number of nitrogens with zero attached hydrogens (tertiary/aromatic N) is 3. The monoisotopic (exact) mass is 657 g/mol. The van der Waals surface area contributed by atoms with Crippen molar-refractivity contribution in [2.24, 2.45) is 10.7 Å². The molecular formula is C23H37FN5O14P. The molecule has 3 rings (SSSR count). The number of hydrogen-bond donors (Lipinski definition) is 4. The molecule has 0 bridgehead atoms. The fourth-order valence-electron chi connectivity index (χ4n) is 3.88. The Bertz CT molecular complexity index is 1210. The van der Waals surface area contributed by atoms with Gasteiger partial charge in [0.2, 0.25) is 13.6 Å². The summed E-state index contributed by atoms with van der Waals surface area (Å²) in [5.74, 6) is -3.29. The first-order valence-electron chi connectivity index (χ1n) is 13.3. The van der Waals surface area contributed by atoms with Crippen LogP contribution in [-0.2, 0) is 46.6 Å². The first-order chi connectivity index (χ1) is 20.5. The van der Waals surface area contributed by atoms with Crippen LogP contribution in [0.25, 0.3) is 0 Å². The van der Waals surface area contributed by atoms with Crippen LogP contribution in [0.15, 0.2) is 11.3 Å². The molecule has 1 saturated heterocycles. The third-order valence-electron chi connectivity index (χ3n) is 5.76. The summed E-state index contributed by atoms with van der Waals surface area (Å²) in [5.41, 5.74) is 3.72. The summed E-state index contributed by atoms with van der Waals surface area (Å²) in [6.45, 7) is 5.71. The van der Waals surface area contributed by atoms with E-state index in [1.54, 1.807) is 6.92 Å². The zero-order valence-corrected chi connectivity index (χ0v) is 25.7. The molecule has 5 atom stereocenters. The van der Waals surface area contributed by atoms with Crippen LogP contribution in [0.4, 0.5) is 19.8 Å². The maximum atomic E-state index is 16.1. The molecule has 0 spiro atoms. The smallest absolute Gasteiger partial charge is 0.432 e. The van der Waals surface area contributed by atoms with Crippen LogP contribution in [0.5, 0.6) is 0 Å². The van der Waals surface area contributed by atoms with E-state index in [-0.39, 0.29) is 24.1 Å². The predicted octanol–water partition coefficient (Wildman–Crippen LogP) is 1.97. The SMILES string of the molecule is CCOC1NC(N)=Nc2c1ncn2[C@@H]1O[C@](F)(COP(=O)(OCOC(=O)OC(C)C)OCOC(=O)OC(C)C)[C@@H](O)[C@@]1(C)O. The summed E-state index contributed by atoms with van der Waals surface area (Å²) in [7, 11) is -4.95. The number of rotatable bonds is 14. The van der Waals surface area contributed by atoms with E-state index in [1.807, 2.05) is 0 Å². The van der Waals surface area contributed by atoms with Gasteiger partial charge >= 0.3 is 20.1 Å². The van der Waals surface area contributed by atoms with Crippen molar-refractivity contribution in [3.8, 4) is 0 Å². The quantitative estimate of drug-likeness (QED) is 0.127. The minimum absolute atomic E-state index is 0.0375. The van der Waals surface area contributed by atoms with E-state index >= 15 is 4.39 Å². The van der Waals surface area contributed by atoms with Crippen molar-refractivity contribution in [3.05, 3.63) is 12.0 Å². The number of hydrogen-bond acceptors (Lipinski definition) is 18. The van der Waals surface area contributed by atoms with Crippen molar-refractivity contribution in [3.63, 3.8) is 0 Å². The van der Waals surface area contributed by atoms with Crippen molar-refractivity contribution in [2.45, 2.75) is 83.8 Å². The summed E-state index contributed by atoms with van der Waals surface area (Å²) >= 11 is 0. The summed E-state index contributed by atoms with van der Waals surface area (Å²) in [4.78, 5) is 31.6. The highest BCUT2D eigenvalue weighted by molar-refractivity contribution is 7.48. The number of nitrogens with one attached hydrogen (secondary N) is 1. The Morgan fingerprint density at radius 3 is 2.25 bits per heavy atom. The second-order valence-corrected chi connectivity index (χ2v) is 11.7. The topological polar surface area (TPSA) is 243 Å². The van der Waals surface area contributed by atoms with E-state index in [9.17, 15) is 24.4 Å². The van der Waals surface area contributed by atoms with E-state index in [0.29, 0.717) is 0 Å². The summed E-state index contributed by atoms with van der Waals surface area (Å²) in [5, 5.41) is 24.7. The van der Waals surface area contributed by atoms with Crippen LogP contribution >= 0.6 is 7.82 Å². The van der Waals surface area contributed by atoms with E-state index in [2.05, 4.69) is 24.8 Å². The third kappa shape index (κ3) is 8.54. The fraction of sp³-hybridized carbons (Fsp3) is 0.739. The molecule has 19 nitrogen and oxygen atoms in total. The van der Waals surface area contributed by atoms with Crippen LogP contribution < -0.4 is 11.1 Å². The summed E-state index contributed by atoms with van der Waals surface area (Å²) in [6.07, 6.45) is -7.17. The summed E-state index contributed by atoms with van der Waals surface area (Å²) < 4.78 is 75.0. The van der Waals surface area contributed by atoms with Gasteiger partial charge in [-0.15, -0.1) is 0 Å². The Morgan fingerprint density at radius 2 is 1.73 bits per heavy atom. The Balaban J connectivity index is 1.77. The molecule has 3 heterocycles. The molecule has 250 valence electrons. The van der Waals surface area contributed by atoms with Gasteiger partial charge in [0.05, 0.1) is 18.5 Å². The van der Waals surface area contributed by atoms with E-state index < -0.39 is 82.5 Å². The average Bonchev–Trinajstić information content (AvgIpc) is 3.39. The minimum atomic E-state index is -4.95. The number of aliphatic imine (C=N–C) groups is 1. The van der Waals surface area contributed by atoms with Gasteiger partial charge in [-0.2, -0.15) is 4.99 Å². The molecule has 1 unspecified atom stereocenters. The number of ether oxygens (including phenoxy) is 6. The number of phosphoric acid groups is 1. The first-order valence-corrected chi connectivity index (χ1v) is 14.7.